The van der Waals surface area contributed by atoms with Gasteiger partial charge in [-0.2, -0.15) is 0 Å². The molecule has 6 heteroatoms. The number of amides is 1. The summed E-state index contributed by atoms with van der Waals surface area (Å²) < 4.78 is 5.69. The van der Waals surface area contributed by atoms with Gasteiger partial charge in [0, 0.05) is 19.6 Å². The molecule has 2 heterocycles. The van der Waals surface area contributed by atoms with Crippen molar-refractivity contribution in [2.45, 2.75) is 26.0 Å². The summed E-state index contributed by atoms with van der Waals surface area (Å²) in [6, 6.07) is 8.06. The average molecular weight is 331 g/mol. The lowest BCUT2D eigenvalue weighted by Crippen LogP contribution is -2.48. The minimum atomic E-state index is 0.0337. The summed E-state index contributed by atoms with van der Waals surface area (Å²) in [5, 5.41) is 3.37. The highest BCUT2D eigenvalue weighted by Crippen LogP contribution is 2.27. The largest absolute Gasteiger partial charge is 0.491 e. The highest BCUT2D eigenvalue weighted by atomic mass is 32.1. The fraction of sp³-hybridized carbons (Fsp3) is 0.412. The summed E-state index contributed by atoms with van der Waals surface area (Å²) >= 11 is 1.39. The maximum absolute atomic E-state index is 12.7. The standard InChI is InChI=1S/C17H21N3O2S/c1-12(2)22-14-5-3-13(4-6-14)15-9-18-7-8-20(15)17(21)16-10-19-11-23-16/h3-6,10-12,15,18H,7-9H2,1-2H3. The number of piperazine rings is 1. The van der Waals surface area contributed by atoms with Gasteiger partial charge in [0.05, 0.1) is 23.9 Å². The molecular weight excluding hydrogens is 310 g/mol. The molecule has 0 bridgehead atoms. The number of hydrogen-bond donors (Lipinski definition) is 1. The average Bonchev–Trinajstić information content (AvgIpc) is 3.09. The van der Waals surface area contributed by atoms with E-state index in [0.29, 0.717) is 11.4 Å². The summed E-state index contributed by atoms with van der Waals surface area (Å²) in [6.45, 7) is 6.29. The number of hydrogen-bond acceptors (Lipinski definition) is 5. The minimum Gasteiger partial charge on any atom is -0.491 e. The van der Waals surface area contributed by atoms with E-state index in [4.69, 9.17) is 4.74 Å². The fourth-order valence-corrected chi connectivity index (χ4v) is 3.32. The van der Waals surface area contributed by atoms with E-state index in [1.807, 2.05) is 43.0 Å². The molecule has 0 spiro atoms. The van der Waals surface area contributed by atoms with Crippen LogP contribution >= 0.6 is 11.3 Å². The van der Waals surface area contributed by atoms with E-state index >= 15 is 0 Å². The molecule has 0 aliphatic carbocycles. The molecule has 1 atom stereocenters. The monoisotopic (exact) mass is 331 g/mol. The van der Waals surface area contributed by atoms with Crippen LogP contribution in [0.3, 0.4) is 0 Å². The molecular formula is C17H21N3O2S. The predicted octanol–water partition coefficient (Wildman–Crippen LogP) is 2.72. The van der Waals surface area contributed by atoms with Gasteiger partial charge in [0.1, 0.15) is 10.6 Å². The first-order valence-corrected chi connectivity index (χ1v) is 8.70. The summed E-state index contributed by atoms with van der Waals surface area (Å²) in [5.74, 6) is 0.911. The van der Waals surface area contributed by atoms with Gasteiger partial charge in [-0.3, -0.25) is 9.78 Å². The van der Waals surface area contributed by atoms with Crippen LogP contribution in [-0.4, -0.2) is 41.5 Å². The van der Waals surface area contributed by atoms with Gasteiger partial charge in [-0.1, -0.05) is 12.1 Å². The van der Waals surface area contributed by atoms with Crippen LogP contribution in [0.4, 0.5) is 0 Å². The lowest BCUT2D eigenvalue weighted by molar-refractivity contribution is 0.0639. The fourth-order valence-electron chi connectivity index (χ4n) is 2.75. The Morgan fingerprint density at radius 3 is 2.83 bits per heavy atom. The van der Waals surface area contributed by atoms with Crippen molar-refractivity contribution < 1.29 is 9.53 Å². The van der Waals surface area contributed by atoms with E-state index in [9.17, 15) is 4.79 Å². The van der Waals surface area contributed by atoms with Gasteiger partial charge in [0.15, 0.2) is 0 Å². The van der Waals surface area contributed by atoms with Gasteiger partial charge in [-0.05, 0) is 31.5 Å². The van der Waals surface area contributed by atoms with Crippen LogP contribution in [-0.2, 0) is 0 Å². The molecule has 5 nitrogen and oxygen atoms in total. The zero-order chi connectivity index (χ0) is 16.2. The van der Waals surface area contributed by atoms with E-state index in [-0.39, 0.29) is 18.1 Å². The number of aromatic nitrogens is 1. The van der Waals surface area contributed by atoms with Gasteiger partial charge in [0.25, 0.3) is 5.91 Å². The Bertz CT molecular complexity index is 640. The molecule has 1 aromatic heterocycles. The van der Waals surface area contributed by atoms with Gasteiger partial charge in [-0.15, -0.1) is 11.3 Å². The molecule has 1 aromatic carbocycles. The van der Waals surface area contributed by atoms with Crippen molar-refractivity contribution in [2.24, 2.45) is 0 Å². The Balaban J connectivity index is 1.79. The second-order valence-corrected chi connectivity index (χ2v) is 6.71. The van der Waals surface area contributed by atoms with E-state index in [1.54, 1.807) is 11.7 Å². The van der Waals surface area contributed by atoms with E-state index in [2.05, 4.69) is 10.3 Å². The molecule has 0 saturated carbocycles. The van der Waals surface area contributed by atoms with Crippen LogP contribution in [0.2, 0.25) is 0 Å². The topological polar surface area (TPSA) is 54.5 Å². The summed E-state index contributed by atoms with van der Waals surface area (Å²) in [4.78, 5) is 19.3. The summed E-state index contributed by atoms with van der Waals surface area (Å²) in [5.41, 5.74) is 2.81. The molecule has 3 rings (SSSR count). The minimum absolute atomic E-state index is 0.0337. The SMILES string of the molecule is CC(C)Oc1ccc(C2CNCCN2C(=O)c2cncs2)cc1. The molecule has 2 aromatic rings. The van der Waals surface area contributed by atoms with Crippen molar-refractivity contribution in [3.63, 3.8) is 0 Å². The molecule has 122 valence electrons. The molecule has 1 saturated heterocycles. The van der Waals surface area contributed by atoms with E-state index in [0.717, 1.165) is 24.4 Å². The molecule has 1 amide bonds. The Labute approximate surface area is 140 Å². The second kappa shape index (κ2) is 7.10. The number of carbonyl (C=O) groups excluding carboxylic acids is 1. The molecule has 1 aliphatic heterocycles. The van der Waals surface area contributed by atoms with Gasteiger partial charge in [0.2, 0.25) is 0 Å². The third-order valence-electron chi connectivity index (χ3n) is 3.78. The van der Waals surface area contributed by atoms with Crippen molar-refractivity contribution in [1.29, 1.82) is 0 Å². The quantitative estimate of drug-likeness (QED) is 0.936. The summed E-state index contributed by atoms with van der Waals surface area (Å²) in [6.07, 6.45) is 1.80. The molecule has 23 heavy (non-hydrogen) atoms. The first-order valence-electron chi connectivity index (χ1n) is 7.82. The van der Waals surface area contributed by atoms with E-state index < -0.39 is 0 Å². The first-order chi connectivity index (χ1) is 11.1. The maximum Gasteiger partial charge on any atom is 0.266 e. The molecule has 1 fully saturated rings. The smallest absolute Gasteiger partial charge is 0.266 e. The van der Waals surface area contributed by atoms with Crippen molar-refractivity contribution >= 4 is 17.2 Å². The highest BCUT2D eigenvalue weighted by molar-refractivity contribution is 7.11. The lowest BCUT2D eigenvalue weighted by atomic mass is 10.0. The second-order valence-electron chi connectivity index (χ2n) is 5.82. The van der Waals surface area contributed by atoms with Crippen molar-refractivity contribution in [3.8, 4) is 5.75 Å². The van der Waals surface area contributed by atoms with Gasteiger partial charge >= 0.3 is 0 Å². The third kappa shape index (κ3) is 3.71. The lowest BCUT2D eigenvalue weighted by Gasteiger charge is -2.36. The van der Waals surface area contributed by atoms with Gasteiger partial charge in [-0.25, -0.2) is 0 Å². The number of nitrogens with one attached hydrogen (secondary N) is 1. The van der Waals surface area contributed by atoms with Crippen LogP contribution in [0.5, 0.6) is 5.75 Å². The Morgan fingerprint density at radius 1 is 1.39 bits per heavy atom. The molecule has 1 N–H and O–H groups in total. The van der Waals surface area contributed by atoms with Crippen LogP contribution in [0.25, 0.3) is 0 Å². The van der Waals surface area contributed by atoms with Crippen LogP contribution in [0.1, 0.15) is 35.1 Å². The summed E-state index contributed by atoms with van der Waals surface area (Å²) in [7, 11) is 0. The van der Waals surface area contributed by atoms with Crippen LogP contribution < -0.4 is 10.1 Å². The Hall–Kier alpha value is -1.92. The third-order valence-corrected chi connectivity index (χ3v) is 4.55. The van der Waals surface area contributed by atoms with E-state index in [1.165, 1.54) is 11.3 Å². The number of nitrogens with zero attached hydrogens (tertiary/aromatic N) is 2. The number of thiazole rings is 1. The zero-order valence-electron chi connectivity index (χ0n) is 13.4. The van der Waals surface area contributed by atoms with Gasteiger partial charge < -0.3 is 15.0 Å². The van der Waals surface area contributed by atoms with Crippen LogP contribution in [0, 0.1) is 0 Å². The Morgan fingerprint density at radius 2 is 2.17 bits per heavy atom. The zero-order valence-corrected chi connectivity index (χ0v) is 14.2. The number of rotatable bonds is 4. The number of benzene rings is 1. The highest BCUT2D eigenvalue weighted by Gasteiger charge is 2.29. The molecule has 1 aliphatic rings. The van der Waals surface area contributed by atoms with Crippen LogP contribution in [0.15, 0.2) is 36.0 Å². The molecule has 1 unspecified atom stereocenters. The normalized spacial score (nSPS) is 18.2. The molecule has 0 radical (unpaired) electrons. The maximum atomic E-state index is 12.7. The first kappa shape index (κ1) is 16.0. The number of ether oxygens (including phenoxy) is 1. The predicted molar refractivity (Wildman–Crippen MR) is 91.0 cm³/mol. The Kier molecular flexibility index (Phi) is 4.93. The number of carbonyl (C=O) groups is 1. The van der Waals surface area contributed by atoms with Crippen molar-refractivity contribution in [2.75, 3.05) is 19.6 Å². The van der Waals surface area contributed by atoms with Crippen molar-refractivity contribution in [1.82, 2.24) is 15.2 Å². The van der Waals surface area contributed by atoms with Crippen molar-refractivity contribution in [3.05, 3.63) is 46.4 Å².